The van der Waals surface area contributed by atoms with Crippen LogP contribution in [0.4, 0.5) is 4.39 Å². The summed E-state index contributed by atoms with van der Waals surface area (Å²) in [5.41, 5.74) is 3.47. The summed E-state index contributed by atoms with van der Waals surface area (Å²) in [5.74, 6) is -0.427. The zero-order valence-electron chi connectivity index (χ0n) is 15.3. The Balaban J connectivity index is 1.58. The van der Waals surface area contributed by atoms with Crippen molar-refractivity contribution in [2.75, 3.05) is 0 Å². The Morgan fingerprint density at radius 1 is 1.21 bits per heavy atom. The van der Waals surface area contributed by atoms with Crippen LogP contribution in [0.5, 0.6) is 0 Å². The van der Waals surface area contributed by atoms with Crippen molar-refractivity contribution < 1.29 is 9.18 Å². The molecular formula is C21H19FN4OS. The summed E-state index contributed by atoms with van der Waals surface area (Å²) in [4.78, 5) is 21.4. The van der Waals surface area contributed by atoms with Gasteiger partial charge in [-0.1, -0.05) is 24.3 Å². The van der Waals surface area contributed by atoms with Gasteiger partial charge in [-0.15, -0.1) is 11.3 Å². The number of halogens is 1. The molecule has 0 radical (unpaired) electrons. The molecule has 2 heterocycles. The van der Waals surface area contributed by atoms with Crippen LogP contribution in [0.2, 0.25) is 0 Å². The van der Waals surface area contributed by atoms with Crippen LogP contribution >= 0.6 is 11.3 Å². The highest BCUT2D eigenvalue weighted by Crippen LogP contribution is 2.20. The largest absolute Gasteiger partial charge is 0.347 e. The van der Waals surface area contributed by atoms with Gasteiger partial charge < -0.3 is 9.88 Å². The van der Waals surface area contributed by atoms with E-state index in [0.717, 1.165) is 27.3 Å². The average molecular weight is 394 g/mol. The molecule has 5 nitrogen and oxygen atoms in total. The lowest BCUT2D eigenvalue weighted by Crippen LogP contribution is -2.32. The van der Waals surface area contributed by atoms with Gasteiger partial charge in [0.05, 0.1) is 40.5 Å². The van der Waals surface area contributed by atoms with Crippen molar-refractivity contribution >= 4 is 28.3 Å². The van der Waals surface area contributed by atoms with E-state index in [1.54, 1.807) is 18.5 Å². The molecule has 0 bridgehead atoms. The number of carbonyl (C=O) groups is 1. The Bertz CT molecular complexity index is 1100. The Morgan fingerprint density at radius 3 is 2.75 bits per heavy atom. The fourth-order valence-corrected chi connectivity index (χ4v) is 3.79. The first kappa shape index (κ1) is 18.3. The van der Waals surface area contributed by atoms with Crippen LogP contribution in [-0.4, -0.2) is 20.4 Å². The first-order chi connectivity index (χ1) is 13.6. The summed E-state index contributed by atoms with van der Waals surface area (Å²) in [6, 6.07) is 13.7. The molecule has 0 aliphatic carbocycles. The molecule has 7 heteroatoms. The lowest BCUT2D eigenvalue weighted by Gasteiger charge is -2.20. The van der Waals surface area contributed by atoms with E-state index >= 15 is 0 Å². The minimum Gasteiger partial charge on any atom is -0.347 e. The zero-order chi connectivity index (χ0) is 19.5. The SMILES string of the molecule is Cc1nc(CC(=O)NC(Cn2cnc3ccccc32)c2ccc(F)cc2)cs1. The number of benzene rings is 2. The summed E-state index contributed by atoms with van der Waals surface area (Å²) in [5, 5.41) is 5.90. The molecule has 2 aromatic heterocycles. The van der Waals surface area contributed by atoms with Crippen LogP contribution in [-0.2, 0) is 17.8 Å². The summed E-state index contributed by atoms with van der Waals surface area (Å²) in [6.45, 7) is 2.41. The first-order valence-electron chi connectivity index (χ1n) is 8.94. The number of rotatable bonds is 6. The molecule has 1 unspecified atom stereocenters. The third kappa shape index (κ3) is 4.09. The van der Waals surface area contributed by atoms with Crippen molar-refractivity contribution in [1.82, 2.24) is 19.9 Å². The predicted molar refractivity (Wildman–Crippen MR) is 108 cm³/mol. The first-order valence-corrected chi connectivity index (χ1v) is 9.82. The number of para-hydroxylation sites is 2. The number of fused-ring (bicyclic) bond motifs is 1. The maximum absolute atomic E-state index is 13.4. The number of amides is 1. The molecule has 1 N–H and O–H groups in total. The number of hydrogen-bond acceptors (Lipinski definition) is 4. The van der Waals surface area contributed by atoms with E-state index in [9.17, 15) is 9.18 Å². The number of imidazole rings is 1. The van der Waals surface area contributed by atoms with Crippen LogP contribution < -0.4 is 5.32 Å². The lowest BCUT2D eigenvalue weighted by atomic mass is 10.1. The molecule has 0 saturated carbocycles. The molecule has 28 heavy (non-hydrogen) atoms. The normalized spacial score (nSPS) is 12.2. The second-order valence-corrected chi connectivity index (χ2v) is 7.65. The van der Waals surface area contributed by atoms with Crippen molar-refractivity contribution in [1.29, 1.82) is 0 Å². The van der Waals surface area contributed by atoms with E-state index in [1.165, 1.54) is 23.5 Å². The van der Waals surface area contributed by atoms with Gasteiger partial charge in [-0.25, -0.2) is 14.4 Å². The molecule has 1 atom stereocenters. The fourth-order valence-electron chi connectivity index (χ4n) is 3.18. The molecule has 0 aliphatic heterocycles. The number of nitrogens with zero attached hydrogens (tertiary/aromatic N) is 3. The maximum atomic E-state index is 13.4. The van der Waals surface area contributed by atoms with E-state index in [2.05, 4.69) is 15.3 Å². The lowest BCUT2D eigenvalue weighted by molar-refractivity contribution is -0.121. The van der Waals surface area contributed by atoms with Gasteiger partial charge in [-0.3, -0.25) is 4.79 Å². The monoisotopic (exact) mass is 394 g/mol. The summed E-state index contributed by atoms with van der Waals surface area (Å²) in [6.07, 6.45) is 1.98. The van der Waals surface area contributed by atoms with Crippen molar-refractivity contribution in [3.63, 3.8) is 0 Å². The molecule has 4 rings (SSSR count). The third-order valence-electron chi connectivity index (χ3n) is 4.52. The van der Waals surface area contributed by atoms with Crippen LogP contribution in [0.25, 0.3) is 11.0 Å². The topological polar surface area (TPSA) is 59.8 Å². The molecule has 2 aromatic carbocycles. The number of hydrogen-bond donors (Lipinski definition) is 1. The predicted octanol–water partition coefficient (Wildman–Crippen LogP) is 4.04. The zero-order valence-corrected chi connectivity index (χ0v) is 16.1. The summed E-state index contributed by atoms with van der Waals surface area (Å²) < 4.78 is 15.4. The van der Waals surface area contributed by atoms with Crippen LogP contribution in [0.15, 0.2) is 60.2 Å². The van der Waals surface area contributed by atoms with Crippen molar-refractivity contribution in [2.24, 2.45) is 0 Å². The van der Waals surface area contributed by atoms with Crippen molar-refractivity contribution in [2.45, 2.75) is 25.9 Å². The average Bonchev–Trinajstić information content (AvgIpc) is 3.28. The second kappa shape index (κ2) is 7.90. The molecule has 1 amide bonds. The van der Waals surface area contributed by atoms with Gasteiger partial charge in [-0.2, -0.15) is 0 Å². The molecular weight excluding hydrogens is 375 g/mol. The second-order valence-electron chi connectivity index (χ2n) is 6.59. The minimum absolute atomic E-state index is 0.121. The Hall–Kier alpha value is -3.06. The van der Waals surface area contributed by atoms with Crippen molar-refractivity contribution in [3.05, 3.63) is 82.3 Å². The fraction of sp³-hybridized carbons (Fsp3) is 0.190. The number of thiazole rings is 1. The molecule has 142 valence electrons. The van der Waals surface area contributed by atoms with Gasteiger partial charge in [0.1, 0.15) is 5.82 Å². The Kier molecular flexibility index (Phi) is 5.16. The molecule has 0 fully saturated rings. The highest BCUT2D eigenvalue weighted by Gasteiger charge is 2.18. The highest BCUT2D eigenvalue weighted by molar-refractivity contribution is 7.09. The third-order valence-corrected chi connectivity index (χ3v) is 5.34. The van der Waals surface area contributed by atoms with E-state index in [1.807, 2.05) is 41.1 Å². The van der Waals surface area contributed by atoms with Gasteiger partial charge in [0.15, 0.2) is 0 Å². The molecule has 4 aromatic rings. The van der Waals surface area contributed by atoms with Gasteiger partial charge in [0.2, 0.25) is 5.91 Å². The summed E-state index contributed by atoms with van der Waals surface area (Å²) in [7, 11) is 0. The number of nitrogens with one attached hydrogen (secondary N) is 1. The van der Waals surface area contributed by atoms with Gasteiger partial charge >= 0.3 is 0 Å². The molecule has 0 saturated heterocycles. The maximum Gasteiger partial charge on any atom is 0.226 e. The Morgan fingerprint density at radius 2 is 2.00 bits per heavy atom. The highest BCUT2D eigenvalue weighted by atomic mass is 32.1. The van der Waals surface area contributed by atoms with Crippen LogP contribution in [0.3, 0.4) is 0 Å². The van der Waals surface area contributed by atoms with E-state index < -0.39 is 0 Å². The number of carbonyl (C=O) groups excluding carboxylic acids is 1. The van der Waals surface area contributed by atoms with E-state index in [4.69, 9.17) is 0 Å². The Labute approximate surface area is 165 Å². The number of aromatic nitrogens is 3. The van der Waals surface area contributed by atoms with Gasteiger partial charge in [0.25, 0.3) is 0 Å². The van der Waals surface area contributed by atoms with E-state index in [0.29, 0.717) is 6.54 Å². The molecule has 0 aliphatic rings. The van der Waals surface area contributed by atoms with E-state index in [-0.39, 0.29) is 24.2 Å². The quantitative estimate of drug-likeness (QED) is 0.537. The van der Waals surface area contributed by atoms with Crippen LogP contribution in [0, 0.1) is 12.7 Å². The van der Waals surface area contributed by atoms with Crippen molar-refractivity contribution in [3.8, 4) is 0 Å². The standard InChI is InChI=1S/C21H19FN4OS/c1-14-24-17(12-28-14)10-21(27)25-19(15-6-8-16(22)9-7-15)11-26-13-23-18-4-2-3-5-20(18)26/h2-9,12-13,19H,10-11H2,1H3,(H,25,27). The smallest absolute Gasteiger partial charge is 0.226 e. The summed E-state index contributed by atoms with van der Waals surface area (Å²) >= 11 is 1.52. The minimum atomic E-state index is -0.314. The van der Waals surface area contributed by atoms with Gasteiger partial charge in [-0.05, 0) is 36.8 Å². The number of aryl methyl sites for hydroxylation is 1. The molecule has 0 spiro atoms. The van der Waals surface area contributed by atoms with Gasteiger partial charge in [0, 0.05) is 11.9 Å². The van der Waals surface area contributed by atoms with Crippen LogP contribution in [0.1, 0.15) is 22.3 Å².